The second-order valence-electron chi connectivity index (χ2n) is 7.40. The summed E-state index contributed by atoms with van der Waals surface area (Å²) in [6.45, 7) is 4.23. The lowest BCUT2D eigenvalue weighted by molar-refractivity contribution is -0.126. The molecule has 2 amide bonds. The summed E-state index contributed by atoms with van der Waals surface area (Å²) in [5.74, 6) is -0.604. The Balaban J connectivity index is 1.69. The zero-order valence-electron chi connectivity index (χ0n) is 15.2. The molecule has 140 valence electrons. The first-order chi connectivity index (χ1) is 13.0. The van der Waals surface area contributed by atoms with Crippen molar-refractivity contribution in [3.8, 4) is 0 Å². The molecular formula is C21H21BrN2O3. The number of hydroxylamine groups is 1. The van der Waals surface area contributed by atoms with Crippen molar-refractivity contribution < 1.29 is 14.4 Å². The van der Waals surface area contributed by atoms with Gasteiger partial charge < -0.3 is 0 Å². The van der Waals surface area contributed by atoms with Gasteiger partial charge in [-0.15, -0.1) is 0 Å². The molecule has 2 aromatic carbocycles. The molecule has 0 aromatic heterocycles. The van der Waals surface area contributed by atoms with Crippen molar-refractivity contribution in [1.82, 2.24) is 0 Å². The van der Waals surface area contributed by atoms with Gasteiger partial charge in [0, 0.05) is 4.47 Å². The molecule has 2 aromatic rings. The molecule has 0 unspecified atom stereocenters. The van der Waals surface area contributed by atoms with E-state index in [1.807, 2.05) is 42.5 Å². The van der Waals surface area contributed by atoms with Crippen molar-refractivity contribution in [3.05, 3.63) is 59.1 Å². The molecule has 6 heteroatoms. The van der Waals surface area contributed by atoms with Gasteiger partial charge in [0.05, 0.1) is 23.3 Å². The first-order valence-electron chi connectivity index (χ1n) is 9.12. The van der Waals surface area contributed by atoms with Gasteiger partial charge >= 0.3 is 0 Å². The Labute approximate surface area is 167 Å². The normalized spacial score (nSPS) is 24.8. The van der Waals surface area contributed by atoms with Crippen LogP contribution in [0.3, 0.4) is 0 Å². The number of carbonyl (C=O) groups excluding carboxylic acids is 2. The minimum atomic E-state index is -0.773. The molecule has 4 rings (SSSR count). The van der Waals surface area contributed by atoms with Crippen LogP contribution in [0.1, 0.15) is 20.3 Å². The van der Waals surface area contributed by atoms with Crippen LogP contribution in [0.2, 0.25) is 0 Å². The van der Waals surface area contributed by atoms with Crippen molar-refractivity contribution in [2.45, 2.75) is 32.4 Å². The second-order valence-corrected chi connectivity index (χ2v) is 8.31. The van der Waals surface area contributed by atoms with Gasteiger partial charge in [-0.25, -0.2) is 9.96 Å². The largest absolute Gasteiger partial charge is 0.273 e. The molecule has 0 N–H and O–H groups in total. The highest BCUT2D eigenvalue weighted by atomic mass is 79.9. The van der Waals surface area contributed by atoms with Gasteiger partial charge in [-0.3, -0.25) is 14.4 Å². The maximum absolute atomic E-state index is 13.2. The van der Waals surface area contributed by atoms with Crippen molar-refractivity contribution in [2.75, 3.05) is 9.96 Å². The first-order valence-corrected chi connectivity index (χ1v) is 9.91. The van der Waals surface area contributed by atoms with E-state index in [0.29, 0.717) is 11.6 Å². The zero-order chi connectivity index (χ0) is 19.1. The Morgan fingerprint density at radius 3 is 2.26 bits per heavy atom. The lowest BCUT2D eigenvalue weighted by atomic mass is 9.90. The van der Waals surface area contributed by atoms with E-state index >= 15 is 0 Å². The summed E-state index contributed by atoms with van der Waals surface area (Å²) in [6, 6.07) is 16.7. The molecule has 0 spiro atoms. The SMILES string of the molecule is CC(C)C[C@@H]1[C@H]2C(=O)N(c3ccc(Br)cc3)C(=O)[C@@H]2ON1c1ccccc1. The predicted molar refractivity (Wildman–Crippen MR) is 107 cm³/mol. The third-order valence-corrected chi connectivity index (χ3v) is 5.58. The fourth-order valence-electron chi connectivity index (χ4n) is 3.89. The van der Waals surface area contributed by atoms with Crippen LogP contribution in [0.15, 0.2) is 59.1 Å². The van der Waals surface area contributed by atoms with Crippen LogP contribution in [0.4, 0.5) is 11.4 Å². The van der Waals surface area contributed by atoms with Gasteiger partial charge in [-0.2, -0.15) is 0 Å². The molecule has 2 heterocycles. The molecular weight excluding hydrogens is 408 g/mol. The van der Waals surface area contributed by atoms with Crippen molar-refractivity contribution in [1.29, 1.82) is 0 Å². The highest BCUT2D eigenvalue weighted by molar-refractivity contribution is 9.10. The highest BCUT2D eigenvalue weighted by Crippen LogP contribution is 2.42. The number of anilines is 2. The van der Waals surface area contributed by atoms with Crippen molar-refractivity contribution in [3.63, 3.8) is 0 Å². The summed E-state index contributed by atoms with van der Waals surface area (Å²) in [7, 11) is 0. The molecule has 5 nitrogen and oxygen atoms in total. The quantitative estimate of drug-likeness (QED) is 0.685. The minimum Gasteiger partial charge on any atom is -0.273 e. The number of halogens is 1. The van der Waals surface area contributed by atoms with Gasteiger partial charge in [0.15, 0.2) is 6.10 Å². The summed E-state index contributed by atoms with van der Waals surface area (Å²) in [6.07, 6.45) is -0.00593. The van der Waals surface area contributed by atoms with Crippen LogP contribution in [0, 0.1) is 11.8 Å². The Bertz CT molecular complexity index is 853. The lowest BCUT2D eigenvalue weighted by Crippen LogP contribution is -2.41. The van der Waals surface area contributed by atoms with Gasteiger partial charge in [-0.1, -0.05) is 48.0 Å². The van der Waals surface area contributed by atoms with E-state index in [4.69, 9.17) is 4.84 Å². The average Bonchev–Trinajstić information content (AvgIpc) is 3.13. The number of fused-ring (bicyclic) bond motifs is 1. The van der Waals surface area contributed by atoms with Crippen LogP contribution < -0.4 is 9.96 Å². The molecule has 2 aliphatic rings. The number of benzene rings is 2. The summed E-state index contributed by atoms with van der Waals surface area (Å²) in [5, 5.41) is 1.77. The van der Waals surface area contributed by atoms with Gasteiger partial charge in [0.1, 0.15) is 0 Å². The first kappa shape index (κ1) is 18.2. The van der Waals surface area contributed by atoms with Crippen LogP contribution in [0.25, 0.3) is 0 Å². The van der Waals surface area contributed by atoms with Crippen molar-refractivity contribution in [2.24, 2.45) is 11.8 Å². The van der Waals surface area contributed by atoms with E-state index in [1.165, 1.54) is 4.90 Å². The molecule has 2 saturated heterocycles. The molecule has 0 radical (unpaired) electrons. The van der Waals surface area contributed by atoms with Gasteiger partial charge in [-0.05, 0) is 48.7 Å². The van der Waals surface area contributed by atoms with E-state index in [9.17, 15) is 9.59 Å². The van der Waals surface area contributed by atoms with E-state index < -0.39 is 12.0 Å². The monoisotopic (exact) mass is 428 g/mol. The van der Waals surface area contributed by atoms with Crippen LogP contribution in [0.5, 0.6) is 0 Å². The fourth-order valence-corrected chi connectivity index (χ4v) is 4.15. The molecule has 0 saturated carbocycles. The molecule has 3 atom stereocenters. The second kappa shape index (κ2) is 7.09. The third kappa shape index (κ3) is 3.17. The summed E-state index contributed by atoms with van der Waals surface area (Å²) in [5.41, 5.74) is 1.45. The van der Waals surface area contributed by atoms with E-state index in [2.05, 4.69) is 29.8 Å². The molecule has 27 heavy (non-hydrogen) atoms. The summed E-state index contributed by atoms with van der Waals surface area (Å²) < 4.78 is 0.898. The number of carbonyl (C=O) groups is 2. The molecule has 2 fully saturated rings. The number of imide groups is 1. The molecule has 2 aliphatic heterocycles. The predicted octanol–water partition coefficient (Wildman–Crippen LogP) is 4.17. The standard InChI is InChI=1S/C21H21BrN2O3/c1-13(2)12-17-18-19(27-24(17)16-6-4-3-5-7-16)21(26)23(20(18)25)15-10-8-14(22)9-11-15/h3-11,13,17-19H,12H2,1-2H3/t17-,18-,19-/m1/s1. The van der Waals surface area contributed by atoms with E-state index in [1.54, 1.807) is 17.2 Å². The maximum atomic E-state index is 13.2. The minimum absolute atomic E-state index is 0.172. The Kier molecular flexibility index (Phi) is 4.78. The van der Waals surface area contributed by atoms with Crippen LogP contribution >= 0.6 is 15.9 Å². The zero-order valence-corrected chi connectivity index (χ0v) is 16.8. The number of rotatable bonds is 4. The smallest absolute Gasteiger partial charge is 0.266 e. The number of nitrogens with zero attached hydrogens (tertiary/aromatic N) is 2. The number of amides is 2. The van der Waals surface area contributed by atoms with Crippen LogP contribution in [-0.2, 0) is 14.4 Å². The highest BCUT2D eigenvalue weighted by Gasteiger charge is 2.59. The van der Waals surface area contributed by atoms with Gasteiger partial charge in [0.2, 0.25) is 5.91 Å². The Hall–Kier alpha value is -2.18. The average molecular weight is 429 g/mol. The lowest BCUT2D eigenvalue weighted by Gasteiger charge is -2.29. The third-order valence-electron chi connectivity index (χ3n) is 5.05. The molecule has 0 aliphatic carbocycles. The number of hydrogen-bond donors (Lipinski definition) is 0. The summed E-state index contributed by atoms with van der Waals surface area (Å²) >= 11 is 3.38. The topological polar surface area (TPSA) is 49.9 Å². The summed E-state index contributed by atoms with van der Waals surface area (Å²) in [4.78, 5) is 33.6. The van der Waals surface area contributed by atoms with E-state index in [-0.39, 0.29) is 17.9 Å². The molecule has 0 bridgehead atoms. The maximum Gasteiger partial charge on any atom is 0.266 e. The van der Waals surface area contributed by atoms with Crippen LogP contribution in [-0.4, -0.2) is 24.0 Å². The number of para-hydroxylation sites is 1. The Morgan fingerprint density at radius 2 is 1.63 bits per heavy atom. The van der Waals surface area contributed by atoms with Gasteiger partial charge in [0.25, 0.3) is 5.91 Å². The number of hydrogen-bond acceptors (Lipinski definition) is 4. The van der Waals surface area contributed by atoms with Crippen molar-refractivity contribution >= 4 is 39.1 Å². The fraction of sp³-hybridized carbons (Fsp3) is 0.333. The van der Waals surface area contributed by atoms with E-state index in [0.717, 1.165) is 16.6 Å². The Morgan fingerprint density at radius 1 is 0.963 bits per heavy atom.